The van der Waals surface area contributed by atoms with Gasteiger partial charge in [0.1, 0.15) is 6.26 Å². The summed E-state index contributed by atoms with van der Waals surface area (Å²) in [6.07, 6.45) is -3.73. The van der Waals surface area contributed by atoms with Gasteiger partial charge in [-0.3, -0.25) is 0 Å². The minimum Gasteiger partial charge on any atom is -0.447 e. The van der Waals surface area contributed by atoms with Gasteiger partial charge in [0.15, 0.2) is 10.9 Å². The van der Waals surface area contributed by atoms with Crippen LogP contribution in [0.2, 0.25) is 0 Å². The molecule has 0 amide bonds. The van der Waals surface area contributed by atoms with Crippen molar-refractivity contribution in [2.24, 2.45) is 0 Å². The monoisotopic (exact) mass is 197 g/mol. The molecule has 7 heteroatoms. The summed E-state index contributed by atoms with van der Waals surface area (Å²) in [5.74, 6) is -0.205. The molecule has 12 heavy (non-hydrogen) atoms. The van der Waals surface area contributed by atoms with Crippen LogP contribution in [-0.2, 0) is 4.18 Å². The molecular weight excluding hydrogens is 195 g/mol. The number of nitrogens with zero attached hydrogens (tertiary/aromatic N) is 1. The second kappa shape index (κ2) is 3.36. The van der Waals surface area contributed by atoms with Crippen LogP contribution in [0.3, 0.4) is 0 Å². The molecule has 0 N–H and O–H groups in total. The van der Waals surface area contributed by atoms with Gasteiger partial charge in [0, 0.05) is 0 Å². The molecule has 1 heterocycles. The first-order valence-electron chi connectivity index (χ1n) is 2.61. The number of hydrogen-bond donors (Lipinski definition) is 0. The molecule has 1 aromatic heterocycles. The van der Waals surface area contributed by atoms with Gasteiger partial charge in [-0.05, 0) is 0 Å². The zero-order chi connectivity index (χ0) is 9.19. The van der Waals surface area contributed by atoms with Crippen LogP contribution in [0.5, 0.6) is 0 Å². The number of hydrogen-bond acceptors (Lipinski definition) is 4. The van der Waals surface area contributed by atoms with Gasteiger partial charge in [0.25, 0.3) is 0 Å². The van der Waals surface area contributed by atoms with E-state index in [0.717, 1.165) is 6.26 Å². The minimum atomic E-state index is -4.70. The van der Waals surface area contributed by atoms with Crippen molar-refractivity contribution >= 4 is 12.0 Å². The third-order valence-corrected chi connectivity index (χ3v) is 1.35. The molecule has 3 nitrogen and oxygen atoms in total. The van der Waals surface area contributed by atoms with E-state index >= 15 is 0 Å². The Morgan fingerprint density at radius 3 is 2.67 bits per heavy atom. The maximum absolute atomic E-state index is 11.4. The fourth-order valence-corrected chi connectivity index (χ4v) is 0.795. The molecular formula is C5H2F3NO2S. The van der Waals surface area contributed by atoms with E-state index < -0.39 is 6.36 Å². The van der Waals surface area contributed by atoms with Crippen molar-refractivity contribution in [1.29, 1.82) is 0 Å². The van der Waals surface area contributed by atoms with Crippen LogP contribution in [-0.4, -0.2) is 11.3 Å². The first-order valence-corrected chi connectivity index (χ1v) is 3.35. The van der Waals surface area contributed by atoms with Gasteiger partial charge in [-0.2, -0.15) is 0 Å². The highest BCUT2D eigenvalue weighted by molar-refractivity contribution is 7.94. The fraction of sp³-hybridized carbons (Fsp3) is 0.200. The Bertz CT molecular complexity index is 259. The lowest BCUT2D eigenvalue weighted by Crippen LogP contribution is -2.07. The third-order valence-electron chi connectivity index (χ3n) is 0.722. The highest BCUT2D eigenvalue weighted by Gasteiger charge is 2.30. The molecule has 0 bridgehead atoms. The van der Waals surface area contributed by atoms with Crippen LogP contribution in [0.15, 0.2) is 15.7 Å². The molecule has 0 aliphatic rings. The average Bonchev–Trinajstić information content (AvgIpc) is 2.30. The van der Waals surface area contributed by atoms with Crippen molar-refractivity contribution < 1.29 is 21.8 Å². The Kier molecular flexibility index (Phi) is 2.63. The smallest absolute Gasteiger partial charge is 0.447 e. The van der Waals surface area contributed by atoms with E-state index in [1.165, 1.54) is 0 Å². The van der Waals surface area contributed by atoms with Gasteiger partial charge in [0.05, 0.1) is 19.0 Å². The van der Waals surface area contributed by atoms with Gasteiger partial charge < -0.3 is 4.42 Å². The Morgan fingerprint density at radius 2 is 2.25 bits per heavy atom. The Hall–Kier alpha value is -0.690. The van der Waals surface area contributed by atoms with E-state index in [-0.39, 0.29) is 23.0 Å². The molecule has 0 aromatic carbocycles. The normalized spacial score (nSPS) is 12.0. The molecule has 0 spiro atoms. The minimum absolute atomic E-state index is 0.0383. The van der Waals surface area contributed by atoms with E-state index in [9.17, 15) is 13.2 Å². The van der Waals surface area contributed by atoms with Crippen molar-refractivity contribution in [3.05, 3.63) is 19.1 Å². The molecule has 0 atom stereocenters. The SMILES string of the molecule is [CH]c1nc(SOC(F)(F)F)co1. The van der Waals surface area contributed by atoms with Crippen molar-refractivity contribution in [2.45, 2.75) is 11.4 Å². The summed E-state index contributed by atoms with van der Waals surface area (Å²) < 4.78 is 42.0. The molecule has 1 aromatic rings. The third kappa shape index (κ3) is 3.14. The molecule has 0 saturated heterocycles. The summed E-state index contributed by atoms with van der Waals surface area (Å²) >= 11 is 0.0383. The van der Waals surface area contributed by atoms with Crippen molar-refractivity contribution in [1.82, 2.24) is 4.98 Å². The molecule has 2 radical (unpaired) electrons. The maximum atomic E-state index is 11.4. The van der Waals surface area contributed by atoms with E-state index in [2.05, 4.69) is 13.6 Å². The lowest BCUT2D eigenvalue weighted by molar-refractivity contribution is -0.267. The second-order valence-electron chi connectivity index (χ2n) is 1.64. The average molecular weight is 197 g/mol. The molecule has 1 rings (SSSR count). The molecule has 0 aliphatic heterocycles. The highest BCUT2D eigenvalue weighted by atomic mass is 32.2. The maximum Gasteiger partial charge on any atom is 0.534 e. The number of alkyl halides is 3. The van der Waals surface area contributed by atoms with Gasteiger partial charge in [0.2, 0.25) is 0 Å². The fourth-order valence-electron chi connectivity index (χ4n) is 0.400. The summed E-state index contributed by atoms with van der Waals surface area (Å²) in [6, 6.07) is 0. The van der Waals surface area contributed by atoms with Crippen molar-refractivity contribution in [2.75, 3.05) is 0 Å². The number of oxazole rings is 1. The van der Waals surface area contributed by atoms with E-state index in [0.29, 0.717) is 0 Å². The first kappa shape index (κ1) is 9.40. The Labute approximate surface area is 70.1 Å². The highest BCUT2D eigenvalue weighted by Crippen LogP contribution is 2.28. The second-order valence-corrected chi connectivity index (χ2v) is 2.39. The van der Waals surface area contributed by atoms with E-state index in [1.807, 2.05) is 0 Å². The van der Waals surface area contributed by atoms with Crippen LogP contribution in [0.4, 0.5) is 13.2 Å². The molecule has 0 aliphatic carbocycles. The summed E-state index contributed by atoms with van der Waals surface area (Å²) in [6.45, 7) is 4.99. The van der Waals surface area contributed by atoms with Gasteiger partial charge in [-0.1, -0.05) is 0 Å². The molecule has 66 valence electrons. The van der Waals surface area contributed by atoms with E-state index in [1.54, 1.807) is 0 Å². The topological polar surface area (TPSA) is 35.3 Å². The largest absolute Gasteiger partial charge is 0.534 e. The molecule has 0 unspecified atom stereocenters. The summed E-state index contributed by atoms with van der Waals surface area (Å²) in [7, 11) is 0. The Morgan fingerprint density at radius 1 is 1.58 bits per heavy atom. The standard InChI is InChI=1S/C5H2F3NO2S/c1-3-9-4(2-10-3)12-11-5(6,7)8/h1-2H. The summed E-state index contributed by atoms with van der Waals surface area (Å²) in [4.78, 5) is 3.36. The summed E-state index contributed by atoms with van der Waals surface area (Å²) in [5.41, 5.74) is 0. The molecule has 0 fully saturated rings. The van der Waals surface area contributed by atoms with Crippen molar-refractivity contribution in [3.8, 4) is 0 Å². The number of halogens is 3. The van der Waals surface area contributed by atoms with Crippen LogP contribution in [0.25, 0.3) is 0 Å². The van der Waals surface area contributed by atoms with Gasteiger partial charge >= 0.3 is 6.36 Å². The quantitative estimate of drug-likeness (QED) is 0.681. The summed E-state index contributed by atoms with van der Waals surface area (Å²) in [5, 5.41) is -0.0789. The Balaban J connectivity index is 2.44. The lowest BCUT2D eigenvalue weighted by Gasteiger charge is -2.01. The number of rotatable bonds is 2. The first-order chi connectivity index (χ1) is 5.47. The van der Waals surface area contributed by atoms with E-state index in [4.69, 9.17) is 6.92 Å². The number of aromatic nitrogens is 1. The predicted molar refractivity (Wildman–Crippen MR) is 32.9 cm³/mol. The van der Waals surface area contributed by atoms with Crippen LogP contribution in [0.1, 0.15) is 5.89 Å². The zero-order valence-corrected chi connectivity index (χ0v) is 6.28. The lowest BCUT2D eigenvalue weighted by atomic mass is 10.8. The van der Waals surface area contributed by atoms with Crippen LogP contribution in [0, 0.1) is 6.92 Å². The van der Waals surface area contributed by atoms with Gasteiger partial charge in [-0.25, -0.2) is 9.17 Å². The zero-order valence-electron chi connectivity index (χ0n) is 5.46. The predicted octanol–water partition coefficient (Wildman–Crippen LogP) is 2.28. The molecule has 0 saturated carbocycles. The van der Waals surface area contributed by atoms with Gasteiger partial charge in [-0.15, -0.1) is 13.2 Å². The van der Waals surface area contributed by atoms with Crippen LogP contribution >= 0.6 is 12.0 Å². The van der Waals surface area contributed by atoms with Crippen LogP contribution < -0.4 is 0 Å². The van der Waals surface area contributed by atoms with Crippen molar-refractivity contribution in [3.63, 3.8) is 0 Å².